The zero-order valence-corrected chi connectivity index (χ0v) is 19.9. The number of thiophene rings is 1. The summed E-state index contributed by atoms with van der Waals surface area (Å²) >= 11 is 2.66. The monoisotopic (exact) mass is 477 g/mol. The number of sulfonamides is 1. The molecular weight excluding hydrogens is 454 g/mol. The molecule has 0 atom stereocenters. The largest absolute Gasteiger partial charge is 0.293 e. The van der Waals surface area contributed by atoms with Crippen molar-refractivity contribution in [1.82, 2.24) is 13.9 Å². The van der Waals surface area contributed by atoms with Gasteiger partial charge in [-0.3, -0.25) is 14.2 Å². The quantitative estimate of drug-likeness (QED) is 0.203. The Kier molecular flexibility index (Phi) is 7.15. The molecule has 0 aliphatic rings. The van der Waals surface area contributed by atoms with Gasteiger partial charge in [0.1, 0.15) is 4.83 Å². The standard InChI is InChI=1S/C21H23N3O4S3/c1-5-11-24-20(26)17-12-15(6-2)30-19(17)22-21(24)29-13-18(25)14-7-9-16(10-8-14)31(27,28)23(3)4/h5,7-10,12H,1,6,11,13H2,2-4H3. The second kappa shape index (κ2) is 9.47. The van der Waals surface area contributed by atoms with Gasteiger partial charge in [0.15, 0.2) is 10.9 Å². The van der Waals surface area contributed by atoms with E-state index in [1.54, 1.807) is 6.08 Å². The van der Waals surface area contributed by atoms with E-state index in [2.05, 4.69) is 11.6 Å². The molecule has 2 aromatic heterocycles. The summed E-state index contributed by atoms with van der Waals surface area (Å²) < 4.78 is 27.0. The summed E-state index contributed by atoms with van der Waals surface area (Å²) in [5.41, 5.74) is 0.252. The maximum atomic E-state index is 12.9. The predicted octanol–water partition coefficient (Wildman–Crippen LogP) is 3.43. The highest BCUT2D eigenvalue weighted by atomic mass is 32.2. The maximum Gasteiger partial charge on any atom is 0.263 e. The Balaban J connectivity index is 1.85. The number of allylic oxidation sites excluding steroid dienone is 1. The second-order valence-corrected chi connectivity index (χ2v) is 11.1. The fourth-order valence-electron chi connectivity index (χ4n) is 2.86. The van der Waals surface area contributed by atoms with Crippen LogP contribution in [0.4, 0.5) is 0 Å². The van der Waals surface area contributed by atoms with E-state index in [4.69, 9.17) is 0 Å². The summed E-state index contributed by atoms with van der Waals surface area (Å²) in [6.45, 7) is 6.03. The Hall–Kier alpha value is -2.27. The molecular formula is C21H23N3O4S3. The number of nitrogens with zero attached hydrogens (tertiary/aromatic N) is 3. The van der Waals surface area contributed by atoms with Crippen molar-refractivity contribution >= 4 is 49.1 Å². The zero-order chi connectivity index (χ0) is 22.8. The van der Waals surface area contributed by atoms with Crippen LogP contribution < -0.4 is 5.56 Å². The number of fused-ring (bicyclic) bond motifs is 1. The van der Waals surface area contributed by atoms with Gasteiger partial charge in [-0.05, 0) is 24.6 Å². The molecule has 10 heteroatoms. The van der Waals surface area contributed by atoms with E-state index in [0.29, 0.717) is 27.5 Å². The van der Waals surface area contributed by atoms with E-state index in [1.807, 2.05) is 13.0 Å². The summed E-state index contributed by atoms with van der Waals surface area (Å²) in [4.78, 5) is 32.0. The molecule has 0 bridgehead atoms. The van der Waals surface area contributed by atoms with E-state index in [9.17, 15) is 18.0 Å². The van der Waals surface area contributed by atoms with Crippen molar-refractivity contribution in [1.29, 1.82) is 0 Å². The molecule has 0 aliphatic carbocycles. The number of rotatable bonds is 9. The number of hydrogen-bond donors (Lipinski definition) is 0. The molecule has 3 rings (SSSR count). The van der Waals surface area contributed by atoms with Crippen molar-refractivity contribution in [2.24, 2.45) is 0 Å². The van der Waals surface area contributed by atoms with Crippen LogP contribution >= 0.6 is 23.1 Å². The van der Waals surface area contributed by atoms with Crippen LogP contribution in [-0.2, 0) is 23.0 Å². The van der Waals surface area contributed by atoms with Crippen molar-refractivity contribution < 1.29 is 13.2 Å². The first kappa shape index (κ1) is 23.4. The van der Waals surface area contributed by atoms with Gasteiger partial charge < -0.3 is 0 Å². The van der Waals surface area contributed by atoms with Crippen LogP contribution in [0.3, 0.4) is 0 Å². The van der Waals surface area contributed by atoms with E-state index in [-0.39, 0.29) is 22.0 Å². The lowest BCUT2D eigenvalue weighted by Gasteiger charge is -2.12. The topological polar surface area (TPSA) is 89.3 Å². The van der Waals surface area contributed by atoms with Crippen LogP contribution in [0.15, 0.2) is 57.8 Å². The number of aromatic nitrogens is 2. The number of aryl methyl sites for hydroxylation is 1. The lowest BCUT2D eigenvalue weighted by Crippen LogP contribution is -2.22. The molecule has 0 saturated carbocycles. The van der Waals surface area contributed by atoms with Crippen LogP contribution in [0.1, 0.15) is 22.2 Å². The summed E-state index contributed by atoms with van der Waals surface area (Å²) in [6.07, 6.45) is 2.44. The highest BCUT2D eigenvalue weighted by Gasteiger charge is 2.19. The molecule has 0 aliphatic heterocycles. The smallest absolute Gasteiger partial charge is 0.263 e. The number of ketones is 1. The first-order chi connectivity index (χ1) is 14.7. The highest BCUT2D eigenvalue weighted by molar-refractivity contribution is 7.99. The minimum Gasteiger partial charge on any atom is -0.293 e. The fourth-order valence-corrected chi connectivity index (χ4v) is 5.67. The number of carbonyl (C=O) groups excluding carboxylic acids is 1. The number of thioether (sulfide) groups is 1. The Morgan fingerprint density at radius 2 is 1.97 bits per heavy atom. The summed E-state index contributed by atoms with van der Waals surface area (Å²) in [5, 5.41) is 1.04. The van der Waals surface area contributed by atoms with Crippen molar-refractivity contribution in [2.75, 3.05) is 19.8 Å². The first-order valence-corrected chi connectivity index (χ1v) is 12.8. The average molecular weight is 478 g/mol. The SMILES string of the molecule is C=CCn1c(SCC(=O)c2ccc(S(=O)(=O)N(C)C)cc2)nc2sc(CC)cc2c1=O. The molecule has 0 radical (unpaired) electrons. The Labute approximate surface area is 189 Å². The third-order valence-electron chi connectivity index (χ3n) is 4.61. The summed E-state index contributed by atoms with van der Waals surface area (Å²) in [5.74, 6) is -0.111. The van der Waals surface area contributed by atoms with Gasteiger partial charge in [-0.2, -0.15) is 0 Å². The molecule has 2 heterocycles. The van der Waals surface area contributed by atoms with Gasteiger partial charge in [-0.25, -0.2) is 17.7 Å². The Morgan fingerprint density at radius 1 is 1.29 bits per heavy atom. The normalized spacial score (nSPS) is 11.9. The number of hydrogen-bond acceptors (Lipinski definition) is 7. The van der Waals surface area contributed by atoms with E-state index in [0.717, 1.165) is 15.6 Å². The Bertz CT molecular complexity index is 1290. The van der Waals surface area contributed by atoms with Gasteiger partial charge in [0.2, 0.25) is 10.0 Å². The van der Waals surface area contributed by atoms with Crippen molar-refractivity contribution in [3.8, 4) is 0 Å². The lowest BCUT2D eigenvalue weighted by atomic mass is 10.1. The van der Waals surface area contributed by atoms with Crippen molar-refractivity contribution in [2.45, 2.75) is 29.9 Å². The molecule has 0 spiro atoms. The van der Waals surface area contributed by atoms with Crippen LogP contribution in [0.25, 0.3) is 10.2 Å². The summed E-state index contributed by atoms with van der Waals surface area (Å²) in [7, 11) is -0.646. The maximum absolute atomic E-state index is 12.9. The van der Waals surface area contributed by atoms with Crippen molar-refractivity contribution in [3.05, 3.63) is 63.8 Å². The molecule has 3 aromatic rings. The van der Waals surface area contributed by atoms with E-state index >= 15 is 0 Å². The molecule has 0 fully saturated rings. The van der Waals surface area contributed by atoms with Crippen LogP contribution in [-0.4, -0.2) is 47.9 Å². The molecule has 0 unspecified atom stereocenters. The van der Waals surface area contributed by atoms with Gasteiger partial charge in [0.25, 0.3) is 5.56 Å². The summed E-state index contributed by atoms with van der Waals surface area (Å²) in [6, 6.07) is 7.71. The molecule has 1 aromatic carbocycles. The zero-order valence-electron chi connectivity index (χ0n) is 17.5. The van der Waals surface area contributed by atoms with Gasteiger partial charge in [0, 0.05) is 31.1 Å². The van der Waals surface area contributed by atoms with Gasteiger partial charge in [0.05, 0.1) is 16.0 Å². The van der Waals surface area contributed by atoms with Gasteiger partial charge in [-0.15, -0.1) is 17.9 Å². The minimum atomic E-state index is -3.55. The molecule has 0 N–H and O–H groups in total. The average Bonchev–Trinajstić information content (AvgIpc) is 3.18. The van der Waals surface area contributed by atoms with Crippen LogP contribution in [0, 0.1) is 0 Å². The molecule has 7 nitrogen and oxygen atoms in total. The van der Waals surface area contributed by atoms with Crippen LogP contribution in [0.2, 0.25) is 0 Å². The van der Waals surface area contributed by atoms with Crippen LogP contribution in [0.5, 0.6) is 0 Å². The van der Waals surface area contributed by atoms with Crippen molar-refractivity contribution in [3.63, 3.8) is 0 Å². The fraction of sp³-hybridized carbons (Fsp3) is 0.286. The molecule has 164 valence electrons. The number of benzene rings is 1. The Morgan fingerprint density at radius 3 is 2.55 bits per heavy atom. The van der Waals surface area contributed by atoms with Gasteiger partial charge >= 0.3 is 0 Å². The highest BCUT2D eigenvalue weighted by Crippen LogP contribution is 2.26. The number of Topliss-reactive ketones (excluding diaryl/α,β-unsaturated/α-hetero) is 1. The second-order valence-electron chi connectivity index (χ2n) is 6.91. The molecule has 0 saturated heterocycles. The third-order valence-corrected chi connectivity index (χ3v) is 8.59. The minimum absolute atomic E-state index is 0.0703. The molecule has 0 amide bonds. The lowest BCUT2D eigenvalue weighted by molar-refractivity contribution is 0.102. The van der Waals surface area contributed by atoms with E-state index < -0.39 is 10.0 Å². The first-order valence-electron chi connectivity index (χ1n) is 9.51. The van der Waals surface area contributed by atoms with Gasteiger partial charge in [-0.1, -0.05) is 36.9 Å². The predicted molar refractivity (Wildman–Crippen MR) is 126 cm³/mol. The number of carbonyl (C=O) groups is 1. The molecule has 31 heavy (non-hydrogen) atoms. The van der Waals surface area contributed by atoms with E-state index in [1.165, 1.54) is 66.0 Å². The third kappa shape index (κ3) is 4.82.